The molecule has 4 nitrogen and oxygen atoms in total. The molecule has 1 saturated carbocycles. The van der Waals surface area contributed by atoms with Crippen LogP contribution < -0.4 is 0 Å². The van der Waals surface area contributed by atoms with E-state index in [4.69, 9.17) is 23.2 Å². The molecule has 0 aliphatic heterocycles. The van der Waals surface area contributed by atoms with E-state index in [0.29, 0.717) is 10.3 Å². The first-order chi connectivity index (χ1) is 9.09. The van der Waals surface area contributed by atoms with Gasteiger partial charge in [-0.05, 0) is 30.5 Å². The van der Waals surface area contributed by atoms with Crippen LogP contribution in [0.15, 0.2) is 18.5 Å². The lowest BCUT2D eigenvalue weighted by atomic mass is 9.62. The molecule has 0 amide bonds. The highest BCUT2D eigenvalue weighted by Gasteiger charge is 2.40. The van der Waals surface area contributed by atoms with Crippen LogP contribution >= 0.6 is 23.2 Å². The Labute approximate surface area is 121 Å². The van der Waals surface area contributed by atoms with Gasteiger partial charge in [0.15, 0.2) is 0 Å². The Kier molecular flexibility index (Phi) is 3.23. The molecule has 1 aliphatic rings. The van der Waals surface area contributed by atoms with E-state index in [1.165, 1.54) is 6.42 Å². The van der Waals surface area contributed by atoms with Crippen molar-refractivity contribution >= 4 is 23.2 Å². The lowest BCUT2D eigenvalue weighted by Crippen LogP contribution is -2.37. The first-order valence-electron chi connectivity index (χ1n) is 6.25. The minimum Gasteiger partial charge on any atom is -0.321 e. The van der Waals surface area contributed by atoms with E-state index in [2.05, 4.69) is 15.2 Å². The van der Waals surface area contributed by atoms with Crippen molar-refractivity contribution in [1.29, 1.82) is 0 Å². The zero-order valence-electron chi connectivity index (χ0n) is 10.6. The third-order valence-corrected chi connectivity index (χ3v) is 4.37. The van der Waals surface area contributed by atoms with Gasteiger partial charge in [0.2, 0.25) is 0 Å². The minimum absolute atomic E-state index is 0.0804. The van der Waals surface area contributed by atoms with Gasteiger partial charge in [0.05, 0.1) is 0 Å². The lowest BCUT2D eigenvalue weighted by molar-refractivity contribution is 0.235. The van der Waals surface area contributed by atoms with Crippen molar-refractivity contribution < 1.29 is 0 Å². The fraction of sp³-hybridized carbons (Fsp3) is 0.462. The Morgan fingerprint density at radius 3 is 2.42 bits per heavy atom. The number of rotatable bonds is 3. The van der Waals surface area contributed by atoms with Crippen LogP contribution in [-0.2, 0) is 18.9 Å². The molecular weight excluding hydrogens is 283 g/mol. The normalized spacial score (nSPS) is 17.2. The molecule has 1 aliphatic carbocycles. The average molecular weight is 297 g/mol. The molecule has 6 heteroatoms. The summed E-state index contributed by atoms with van der Waals surface area (Å²) in [5.74, 6) is 0.990. The standard InChI is InChI=1S/C13H14Cl2N4/c1-19-8-16-18-12(19)7-13(3-2-4-13)9-5-10(14)17-11(15)6-9/h5-6,8H,2-4,7H2,1H3. The third kappa shape index (κ3) is 2.35. The summed E-state index contributed by atoms with van der Waals surface area (Å²) in [7, 11) is 1.97. The van der Waals surface area contributed by atoms with Crippen LogP contribution in [0.25, 0.3) is 0 Å². The minimum atomic E-state index is 0.0804. The molecule has 2 heterocycles. The third-order valence-electron chi connectivity index (χ3n) is 3.99. The number of pyridine rings is 1. The van der Waals surface area contributed by atoms with E-state index in [-0.39, 0.29) is 5.41 Å². The molecule has 0 aromatic carbocycles. The average Bonchev–Trinajstić information content (AvgIpc) is 2.68. The first kappa shape index (κ1) is 12.9. The van der Waals surface area contributed by atoms with Gasteiger partial charge >= 0.3 is 0 Å². The van der Waals surface area contributed by atoms with Gasteiger partial charge < -0.3 is 4.57 Å². The highest BCUT2D eigenvalue weighted by atomic mass is 35.5. The van der Waals surface area contributed by atoms with Crippen molar-refractivity contribution in [2.24, 2.45) is 7.05 Å². The first-order valence-corrected chi connectivity index (χ1v) is 7.01. The number of aromatic nitrogens is 4. The summed E-state index contributed by atoms with van der Waals surface area (Å²) in [6.07, 6.45) is 6.05. The van der Waals surface area contributed by atoms with Gasteiger partial charge in [-0.2, -0.15) is 0 Å². The molecule has 0 atom stereocenters. The number of hydrogen-bond acceptors (Lipinski definition) is 3. The molecule has 0 spiro atoms. The predicted molar refractivity (Wildman–Crippen MR) is 74.5 cm³/mol. The molecule has 0 unspecified atom stereocenters. The summed E-state index contributed by atoms with van der Waals surface area (Å²) >= 11 is 12.0. The van der Waals surface area contributed by atoms with E-state index in [1.54, 1.807) is 6.33 Å². The van der Waals surface area contributed by atoms with Gasteiger partial charge in [-0.15, -0.1) is 10.2 Å². The summed E-state index contributed by atoms with van der Waals surface area (Å²) in [4.78, 5) is 4.02. The van der Waals surface area contributed by atoms with E-state index in [0.717, 1.165) is 30.7 Å². The summed E-state index contributed by atoms with van der Waals surface area (Å²) in [5, 5.41) is 9.03. The predicted octanol–water partition coefficient (Wildman–Crippen LogP) is 3.18. The van der Waals surface area contributed by atoms with Gasteiger partial charge in [0.25, 0.3) is 0 Å². The van der Waals surface area contributed by atoms with Crippen molar-refractivity contribution in [1.82, 2.24) is 19.7 Å². The Balaban J connectivity index is 1.97. The van der Waals surface area contributed by atoms with Crippen LogP contribution in [0.5, 0.6) is 0 Å². The van der Waals surface area contributed by atoms with Gasteiger partial charge in [-0.3, -0.25) is 0 Å². The second kappa shape index (κ2) is 4.76. The van der Waals surface area contributed by atoms with Crippen LogP contribution in [0.3, 0.4) is 0 Å². The fourth-order valence-corrected chi connectivity index (χ4v) is 3.17. The fourth-order valence-electron chi connectivity index (χ4n) is 2.71. The highest BCUT2D eigenvalue weighted by molar-refractivity contribution is 6.32. The highest BCUT2D eigenvalue weighted by Crippen LogP contribution is 2.46. The molecule has 3 rings (SSSR count). The van der Waals surface area contributed by atoms with Crippen LogP contribution in [0.4, 0.5) is 0 Å². The monoisotopic (exact) mass is 296 g/mol. The Morgan fingerprint density at radius 1 is 1.26 bits per heavy atom. The summed E-state index contributed by atoms with van der Waals surface area (Å²) < 4.78 is 1.96. The van der Waals surface area contributed by atoms with Crippen LogP contribution in [0, 0.1) is 0 Å². The molecule has 2 aromatic rings. The molecule has 0 saturated heterocycles. The maximum absolute atomic E-state index is 6.02. The van der Waals surface area contributed by atoms with Crippen molar-refractivity contribution in [3.63, 3.8) is 0 Å². The number of nitrogens with zero attached hydrogens (tertiary/aromatic N) is 4. The maximum atomic E-state index is 6.02. The molecule has 2 aromatic heterocycles. The van der Waals surface area contributed by atoms with Gasteiger partial charge in [-0.1, -0.05) is 29.6 Å². The molecule has 100 valence electrons. The van der Waals surface area contributed by atoms with Crippen LogP contribution in [-0.4, -0.2) is 19.7 Å². The van der Waals surface area contributed by atoms with Crippen LogP contribution in [0.2, 0.25) is 10.3 Å². The van der Waals surface area contributed by atoms with Crippen molar-refractivity contribution in [2.75, 3.05) is 0 Å². The zero-order valence-corrected chi connectivity index (χ0v) is 12.1. The molecule has 19 heavy (non-hydrogen) atoms. The maximum Gasteiger partial charge on any atom is 0.133 e. The smallest absolute Gasteiger partial charge is 0.133 e. The molecular formula is C13H14Cl2N4. The Hall–Kier alpha value is -1.13. The largest absolute Gasteiger partial charge is 0.321 e. The number of hydrogen-bond donors (Lipinski definition) is 0. The topological polar surface area (TPSA) is 43.6 Å². The van der Waals surface area contributed by atoms with Gasteiger partial charge in [-0.25, -0.2) is 4.98 Å². The Bertz CT molecular complexity index is 584. The second-order valence-corrected chi connectivity index (χ2v) is 5.94. The lowest BCUT2D eigenvalue weighted by Gasteiger charge is -2.42. The summed E-state index contributed by atoms with van der Waals surface area (Å²) in [6.45, 7) is 0. The van der Waals surface area contributed by atoms with Crippen molar-refractivity contribution in [2.45, 2.75) is 31.1 Å². The van der Waals surface area contributed by atoms with E-state index in [9.17, 15) is 0 Å². The van der Waals surface area contributed by atoms with E-state index < -0.39 is 0 Å². The van der Waals surface area contributed by atoms with Gasteiger partial charge in [0, 0.05) is 18.9 Å². The SMILES string of the molecule is Cn1cnnc1CC1(c2cc(Cl)nc(Cl)c2)CCC1. The van der Waals surface area contributed by atoms with E-state index >= 15 is 0 Å². The Morgan fingerprint density at radius 2 is 1.95 bits per heavy atom. The van der Waals surface area contributed by atoms with E-state index in [1.807, 2.05) is 23.7 Å². The summed E-state index contributed by atoms with van der Waals surface area (Å²) in [6, 6.07) is 3.84. The second-order valence-electron chi connectivity index (χ2n) is 5.17. The molecule has 0 bridgehead atoms. The van der Waals surface area contributed by atoms with Gasteiger partial charge in [0.1, 0.15) is 22.5 Å². The molecule has 0 radical (unpaired) electrons. The van der Waals surface area contributed by atoms with Crippen molar-refractivity contribution in [3.8, 4) is 0 Å². The quantitative estimate of drug-likeness (QED) is 0.817. The number of aryl methyl sites for hydroxylation is 1. The van der Waals surface area contributed by atoms with Crippen molar-refractivity contribution in [3.05, 3.63) is 40.2 Å². The summed E-state index contributed by atoms with van der Waals surface area (Å²) in [5.41, 5.74) is 1.24. The van der Waals surface area contributed by atoms with Crippen LogP contribution in [0.1, 0.15) is 30.7 Å². The molecule has 0 N–H and O–H groups in total. The molecule has 1 fully saturated rings. The zero-order chi connectivity index (χ0) is 13.5. The number of halogens is 2.